The molecule has 1 saturated carbocycles. The van der Waals surface area contributed by atoms with E-state index in [0.29, 0.717) is 18.1 Å². The molecule has 1 N–H and O–H groups in total. The minimum absolute atomic E-state index is 0.0197. The van der Waals surface area contributed by atoms with Crippen molar-refractivity contribution in [2.45, 2.75) is 25.7 Å². The second kappa shape index (κ2) is 10.1. The molecular formula is C23H30N4O4. The van der Waals surface area contributed by atoms with Crippen LogP contribution in [0.3, 0.4) is 0 Å². The van der Waals surface area contributed by atoms with Gasteiger partial charge in [0.1, 0.15) is 5.76 Å². The maximum Gasteiger partial charge on any atom is 0.245 e. The van der Waals surface area contributed by atoms with Gasteiger partial charge >= 0.3 is 0 Å². The highest BCUT2D eigenvalue weighted by Crippen LogP contribution is 2.48. The highest BCUT2D eigenvalue weighted by molar-refractivity contribution is 5.94. The molecular weight excluding hydrogens is 396 g/mol. The summed E-state index contributed by atoms with van der Waals surface area (Å²) in [5, 5.41) is 6.53. The van der Waals surface area contributed by atoms with Crippen molar-refractivity contribution < 1.29 is 18.8 Å². The van der Waals surface area contributed by atoms with Crippen molar-refractivity contribution in [3.05, 3.63) is 47.7 Å². The standard InChI is InChI=1S/C23H30N4O4/c1-17-14-21(25-31-17)24-22(28)16-27(9-5-8-26-10-12-30-13-11-26)23(29)20-15-19(20)18-6-3-2-4-7-18/h2-4,6-7,14,19-20H,5,8-13,15-16H2,1H3,(H,24,25,28). The van der Waals surface area contributed by atoms with Gasteiger partial charge in [0.25, 0.3) is 0 Å². The number of carbonyl (C=O) groups excluding carboxylic acids is 2. The molecule has 2 atom stereocenters. The van der Waals surface area contributed by atoms with E-state index in [0.717, 1.165) is 45.7 Å². The van der Waals surface area contributed by atoms with Crippen LogP contribution in [0, 0.1) is 12.8 Å². The van der Waals surface area contributed by atoms with Crippen LogP contribution in [0.25, 0.3) is 0 Å². The van der Waals surface area contributed by atoms with E-state index in [9.17, 15) is 9.59 Å². The maximum atomic E-state index is 13.2. The van der Waals surface area contributed by atoms with Gasteiger partial charge in [0.2, 0.25) is 11.8 Å². The molecule has 1 aromatic heterocycles. The molecule has 2 heterocycles. The van der Waals surface area contributed by atoms with Crippen molar-refractivity contribution in [1.29, 1.82) is 0 Å². The molecule has 2 aromatic rings. The Bertz CT molecular complexity index is 879. The molecule has 1 aliphatic carbocycles. The number of hydrogen-bond acceptors (Lipinski definition) is 6. The van der Waals surface area contributed by atoms with Gasteiger partial charge in [-0.25, -0.2) is 0 Å². The largest absolute Gasteiger partial charge is 0.379 e. The topological polar surface area (TPSA) is 87.9 Å². The van der Waals surface area contributed by atoms with Gasteiger partial charge in [-0.1, -0.05) is 35.5 Å². The number of carbonyl (C=O) groups is 2. The van der Waals surface area contributed by atoms with E-state index in [4.69, 9.17) is 9.26 Å². The van der Waals surface area contributed by atoms with Gasteiger partial charge in [-0.2, -0.15) is 0 Å². The summed E-state index contributed by atoms with van der Waals surface area (Å²) in [4.78, 5) is 29.9. The summed E-state index contributed by atoms with van der Waals surface area (Å²) < 4.78 is 10.4. The highest BCUT2D eigenvalue weighted by atomic mass is 16.5. The van der Waals surface area contributed by atoms with Crippen LogP contribution in [0.2, 0.25) is 0 Å². The molecule has 1 aliphatic heterocycles. The Kier molecular flexibility index (Phi) is 6.99. The molecule has 31 heavy (non-hydrogen) atoms. The average Bonchev–Trinajstić information content (AvgIpc) is 3.49. The number of amides is 2. The van der Waals surface area contributed by atoms with Crippen molar-refractivity contribution >= 4 is 17.6 Å². The van der Waals surface area contributed by atoms with E-state index in [-0.39, 0.29) is 30.2 Å². The first-order chi connectivity index (χ1) is 15.1. The molecule has 4 rings (SSSR count). The van der Waals surface area contributed by atoms with E-state index in [2.05, 4.69) is 27.5 Å². The minimum atomic E-state index is -0.259. The number of nitrogens with one attached hydrogen (secondary N) is 1. The van der Waals surface area contributed by atoms with Crippen LogP contribution in [0.4, 0.5) is 5.82 Å². The zero-order valence-electron chi connectivity index (χ0n) is 18.0. The van der Waals surface area contributed by atoms with E-state index in [1.807, 2.05) is 18.2 Å². The second-order valence-corrected chi connectivity index (χ2v) is 8.30. The fourth-order valence-electron chi connectivity index (χ4n) is 4.13. The molecule has 0 spiro atoms. The van der Waals surface area contributed by atoms with Crippen molar-refractivity contribution in [1.82, 2.24) is 15.0 Å². The molecule has 2 aliphatic rings. The quantitative estimate of drug-likeness (QED) is 0.662. The van der Waals surface area contributed by atoms with Gasteiger partial charge in [-0.05, 0) is 31.2 Å². The van der Waals surface area contributed by atoms with E-state index >= 15 is 0 Å². The molecule has 0 bridgehead atoms. The lowest BCUT2D eigenvalue weighted by Gasteiger charge is -2.28. The third-order valence-electron chi connectivity index (χ3n) is 5.88. The lowest BCUT2D eigenvalue weighted by Crippen LogP contribution is -2.42. The van der Waals surface area contributed by atoms with Crippen LogP contribution in [-0.4, -0.2) is 72.7 Å². The van der Waals surface area contributed by atoms with Crippen molar-refractivity contribution in [3.63, 3.8) is 0 Å². The summed E-state index contributed by atoms with van der Waals surface area (Å²) in [6.45, 7) is 6.57. The van der Waals surface area contributed by atoms with Crippen molar-refractivity contribution in [3.8, 4) is 0 Å². The molecule has 8 nitrogen and oxygen atoms in total. The number of anilines is 1. The first-order valence-electron chi connectivity index (χ1n) is 11.0. The van der Waals surface area contributed by atoms with Gasteiger partial charge < -0.3 is 19.5 Å². The maximum absolute atomic E-state index is 13.2. The Morgan fingerprint density at radius 3 is 2.71 bits per heavy atom. The van der Waals surface area contributed by atoms with E-state index < -0.39 is 0 Å². The predicted molar refractivity (Wildman–Crippen MR) is 116 cm³/mol. The van der Waals surface area contributed by atoms with Crippen LogP contribution in [-0.2, 0) is 14.3 Å². The fourth-order valence-corrected chi connectivity index (χ4v) is 4.13. The Morgan fingerprint density at radius 2 is 2.00 bits per heavy atom. The molecule has 2 fully saturated rings. The molecule has 2 unspecified atom stereocenters. The van der Waals surface area contributed by atoms with Crippen molar-refractivity contribution in [2.24, 2.45) is 5.92 Å². The Labute approximate surface area is 182 Å². The first-order valence-corrected chi connectivity index (χ1v) is 11.0. The smallest absolute Gasteiger partial charge is 0.245 e. The number of hydrogen-bond donors (Lipinski definition) is 1. The van der Waals surface area contributed by atoms with Crippen LogP contribution in [0.15, 0.2) is 40.9 Å². The molecule has 0 radical (unpaired) electrons. The monoisotopic (exact) mass is 426 g/mol. The van der Waals surface area contributed by atoms with Gasteiger partial charge in [0.05, 0.1) is 19.8 Å². The van der Waals surface area contributed by atoms with E-state index in [1.54, 1.807) is 17.9 Å². The average molecular weight is 427 g/mol. The number of rotatable bonds is 9. The SMILES string of the molecule is Cc1cc(NC(=O)CN(CCCN2CCOCC2)C(=O)C2CC2c2ccccc2)no1. The van der Waals surface area contributed by atoms with Crippen LogP contribution < -0.4 is 5.32 Å². The van der Waals surface area contributed by atoms with Crippen molar-refractivity contribution in [2.75, 3.05) is 51.3 Å². The zero-order valence-corrected chi connectivity index (χ0v) is 18.0. The molecule has 2 amide bonds. The minimum Gasteiger partial charge on any atom is -0.379 e. The summed E-state index contributed by atoms with van der Waals surface area (Å²) >= 11 is 0. The fraction of sp³-hybridized carbons (Fsp3) is 0.522. The van der Waals surface area contributed by atoms with Crippen LogP contribution >= 0.6 is 0 Å². The van der Waals surface area contributed by atoms with Gasteiger partial charge in [-0.3, -0.25) is 14.5 Å². The second-order valence-electron chi connectivity index (χ2n) is 8.30. The zero-order chi connectivity index (χ0) is 21.6. The lowest BCUT2D eigenvalue weighted by atomic mass is 10.1. The van der Waals surface area contributed by atoms with Gasteiger partial charge in [0.15, 0.2) is 5.82 Å². The van der Waals surface area contributed by atoms with Crippen LogP contribution in [0.1, 0.15) is 30.1 Å². The highest BCUT2D eigenvalue weighted by Gasteiger charge is 2.45. The third-order valence-corrected chi connectivity index (χ3v) is 5.88. The molecule has 1 aromatic carbocycles. The number of aromatic nitrogens is 1. The normalized spacial score (nSPS) is 20.9. The Hall–Kier alpha value is -2.71. The number of aryl methyl sites for hydroxylation is 1. The summed E-state index contributed by atoms with van der Waals surface area (Å²) in [5.41, 5.74) is 1.19. The molecule has 1 saturated heterocycles. The van der Waals surface area contributed by atoms with Crippen LogP contribution in [0.5, 0.6) is 0 Å². The summed E-state index contributed by atoms with van der Waals surface area (Å²) in [7, 11) is 0. The Balaban J connectivity index is 1.35. The number of morpholine rings is 1. The summed E-state index contributed by atoms with van der Waals surface area (Å²) in [6.07, 6.45) is 1.66. The van der Waals surface area contributed by atoms with Gasteiger partial charge in [-0.15, -0.1) is 0 Å². The first kappa shape index (κ1) is 21.5. The van der Waals surface area contributed by atoms with Gasteiger partial charge in [0, 0.05) is 38.2 Å². The third kappa shape index (κ3) is 5.92. The summed E-state index contributed by atoms with van der Waals surface area (Å²) in [5.74, 6) is 0.992. The molecule has 8 heteroatoms. The number of nitrogens with zero attached hydrogens (tertiary/aromatic N) is 3. The van der Waals surface area contributed by atoms with E-state index in [1.165, 1.54) is 5.56 Å². The molecule has 166 valence electrons. The Morgan fingerprint density at radius 1 is 1.23 bits per heavy atom. The predicted octanol–water partition coefficient (Wildman–Crippen LogP) is 2.28. The number of benzene rings is 1. The number of ether oxygens (including phenoxy) is 1. The summed E-state index contributed by atoms with van der Waals surface area (Å²) in [6, 6.07) is 11.8. The lowest BCUT2D eigenvalue weighted by molar-refractivity contribution is -0.136.